The van der Waals surface area contributed by atoms with Crippen molar-refractivity contribution in [1.82, 2.24) is 14.9 Å². The summed E-state index contributed by atoms with van der Waals surface area (Å²) in [4.78, 5) is 24.5. The van der Waals surface area contributed by atoms with Crippen LogP contribution in [0.25, 0.3) is 0 Å². The summed E-state index contributed by atoms with van der Waals surface area (Å²) >= 11 is 0. The van der Waals surface area contributed by atoms with Crippen LogP contribution in [0, 0.1) is 6.92 Å². The Bertz CT molecular complexity index is 1050. The number of cyclic esters (lactones) is 1. The minimum absolute atomic E-state index is 0.247. The Hall–Kier alpha value is -3.40. The summed E-state index contributed by atoms with van der Waals surface area (Å²) < 4.78 is 16.2. The van der Waals surface area contributed by atoms with Crippen LogP contribution < -0.4 is 15.1 Å². The molecule has 0 bridgehead atoms. The van der Waals surface area contributed by atoms with E-state index in [-0.39, 0.29) is 18.7 Å². The molecule has 3 aliphatic rings. The molecule has 0 radical (unpaired) electrons. The van der Waals surface area contributed by atoms with Crippen molar-refractivity contribution < 1.29 is 19.0 Å². The number of benzene rings is 1. The van der Waals surface area contributed by atoms with Gasteiger partial charge in [0.1, 0.15) is 19.0 Å². The Kier molecular flexibility index (Phi) is 6.25. The second-order valence-electron chi connectivity index (χ2n) is 8.27. The fourth-order valence-corrected chi connectivity index (χ4v) is 4.17. The zero-order valence-corrected chi connectivity index (χ0v) is 18.7. The second-order valence-corrected chi connectivity index (χ2v) is 8.27. The number of nitrogens with zero attached hydrogens (tertiary/aromatic N) is 5. The van der Waals surface area contributed by atoms with Gasteiger partial charge in [-0.3, -0.25) is 5.43 Å². The van der Waals surface area contributed by atoms with Crippen LogP contribution >= 0.6 is 0 Å². The summed E-state index contributed by atoms with van der Waals surface area (Å²) in [6, 6.07) is 8.62. The molecule has 5 rings (SSSR count). The molecule has 10 heteroatoms. The van der Waals surface area contributed by atoms with Gasteiger partial charge < -0.3 is 24.0 Å². The fraction of sp³-hybridized carbons (Fsp3) is 0.478. The second kappa shape index (κ2) is 9.62. The molecule has 1 aromatic carbocycles. The van der Waals surface area contributed by atoms with Crippen LogP contribution in [0.4, 0.5) is 16.4 Å². The van der Waals surface area contributed by atoms with E-state index in [1.807, 2.05) is 6.07 Å². The molecule has 2 saturated heterocycles. The third kappa shape index (κ3) is 5.00. The van der Waals surface area contributed by atoms with E-state index < -0.39 is 0 Å². The molecule has 1 aliphatic carbocycles. The first kappa shape index (κ1) is 21.4. The molecular weight excluding hydrogens is 424 g/mol. The molecule has 10 nitrogen and oxygen atoms in total. The average molecular weight is 453 g/mol. The van der Waals surface area contributed by atoms with Crippen molar-refractivity contribution in [2.24, 2.45) is 5.10 Å². The smallest absolute Gasteiger partial charge is 0.410 e. The summed E-state index contributed by atoms with van der Waals surface area (Å²) in [6.45, 7) is 6.58. The topological polar surface area (TPSA) is 101 Å². The molecule has 174 valence electrons. The lowest BCUT2D eigenvalue weighted by Gasteiger charge is -2.28. The maximum atomic E-state index is 11.6. The van der Waals surface area contributed by atoms with Crippen molar-refractivity contribution in [3.8, 4) is 6.01 Å². The van der Waals surface area contributed by atoms with E-state index in [0.29, 0.717) is 38.7 Å². The Morgan fingerprint density at radius 3 is 2.82 bits per heavy atom. The highest BCUT2D eigenvalue weighted by Gasteiger charge is 2.22. The molecule has 2 aliphatic heterocycles. The highest BCUT2D eigenvalue weighted by atomic mass is 16.6. The number of aromatic nitrogens is 2. The maximum absolute atomic E-state index is 11.6. The molecule has 0 unspecified atom stereocenters. The predicted octanol–water partition coefficient (Wildman–Crippen LogP) is 2.22. The first-order valence-corrected chi connectivity index (χ1v) is 11.3. The Balaban J connectivity index is 1.33. The van der Waals surface area contributed by atoms with Gasteiger partial charge in [0.2, 0.25) is 0 Å². The summed E-state index contributed by atoms with van der Waals surface area (Å²) in [5, 5.41) is 4.66. The van der Waals surface area contributed by atoms with Crippen molar-refractivity contribution >= 4 is 23.4 Å². The largest absolute Gasteiger partial charge is 0.461 e. The molecular formula is C23H28N6O4. The van der Waals surface area contributed by atoms with E-state index in [1.165, 1.54) is 16.7 Å². The number of aryl methyl sites for hydroxylation is 2. The summed E-state index contributed by atoms with van der Waals surface area (Å²) in [6.07, 6.45) is 1.57. The van der Waals surface area contributed by atoms with Crippen LogP contribution in [0.3, 0.4) is 0 Å². The number of hydrogen-bond acceptors (Lipinski definition) is 9. The Labute approximate surface area is 192 Å². The number of hydrogen-bond donors (Lipinski definition) is 1. The van der Waals surface area contributed by atoms with E-state index >= 15 is 0 Å². The van der Waals surface area contributed by atoms with Crippen molar-refractivity contribution in [3.63, 3.8) is 0 Å². The van der Waals surface area contributed by atoms with E-state index in [2.05, 4.69) is 50.5 Å². The molecule has 2 fully saturated rings. The number of hydrazone groups is 1. The number of amides is 1. The molecule has 1 aromatic heterocycles. The van der Waals surface area contributed by atoms with Crippen molar-refractivity contribution in [2.75, 3.05) is 62.9 Å². The van der Waals surface area contributed by atoms with Crippen LogP contribution in [0.15, 0.2) is 29.4 Å². The molecule has 1 amide bonds. The quantitative estimate of drug-likeness (QED) is 0.638. The number of rotatable bonds is 7. The van der Waals surface area contributed by atoms with Crippen molar-refractivity contribution in [1.29, 1.82) is 0 Å². The Morgan fingerprint density at radius 1 is 1.12 bits per heavy atom. The first-order valence-electron chi connectivity index (χ1n) is 11.3. The minimum atomic E-state index is -0.313. The number of nitrogens with one attached hydrogen (secondary N) is 1. The lowest BCUT2D eigenvalue weighted by molar-refractivity contribution is 0.122. The van der Waals surface area contributed by atoms with Crippen LogP contribution in [0.5, 0.6) is 6.01 Å². The summed E-state index contributed by atoms with van der Waals surface area (Å²) in [5.41, 5.74) is 7.88. The zero-order valence-electron chi connectivity index (χ0n) is 18.7. The van der Waals surface area contributed by atoms with Crippen LogP contribution in [-0.4, -0.2) is 79.3 Å². The van der Waals surface area contributed by atoms with Gasteiger partial charge in [0.15, 0.2) is 5.82 Å². The van der Waals surface area contributed by atoms with Gasteiger partial charge >= 0.3 is 12.1 Å². The van der Waals surface area contributed by atoms with Gasteiger partial charge in [0.05, 0.1) is 32.0 Å². The zero-order chi connectivity index (χ0) is 22.6. The molecule has 2 aromatic rings. The molecule has 0 saturated carbocycles. The highest BCUT2D eigenvalue weighted by molar-refractivity contribution is 6.04. The molecule has 0 spiro atoms. The number of morpholine rings is 1. The van der Waals surface area contributed by atoms with E-state index in [1.54, 1.807) is 4.90 Å². The first-order chi connectivity index (χ1) is 16.2. The number of anilines is 2. The highest BCUT2D eigenvalue weighted by Crippen LogP contribution is 2.25. The number of ether oxygens (including phenoxy) is 3. The number of carbonyl (C=O) groups excluding carboxylic acids is 1. The van der Waals surface area contributed by atoms with Crippen LogP contribution in [-0.2, 0) is 15.9 Å². The van der Waals surface area contributed by atoms with Crippen LogP contribution in [0.1, 0.15) is 23.1 Å². The predicted molar refractivity (Wildman–Crippen MR) is 123 cm³/mol. The monoisotopic (exact) mass is 452 g/mol. The standard InChI is InChI=1S/C23H28N6O4/c1-16-2-3-17-4-5-19(18(17)14-16)26-27-20-15-21(28-6-10-31-11-7-28)25-22(24-20)32-12-8-29-9-13-33-23(29)30/h2-3,14-15H,4-13H2,1H3,(H,24,25,27)/b26-19+. The van der Waals surface area contributed by atoms with Crippen LogP contribution in [0.2, 0.25) is 0 Å². The lowest BCUT2D eigenvalue weighted by Crippen LogP contribution is -2.37. The van der Waals surface area contributed by atoms with Crippen molar-refractivity contribution in [3.05, 3.63) is 41.0 Å². The molecule has 0 atom stereocenters. The summed E-state index contributed by atoms with van der Waals surface area (Å²) in [7, 11) is 0. The summed E-state index contributed by atoms with van der Waals surface area (Å²) in [5.74, 6) is 1.32. The lowest BCUT2D eigenvalue weighted by atomic mass is 10.1. The van der Waals surface area contributed by atoms with Gasteiger partial charge in [-0.2, -0.15) is 15.1 Å². The van der Waals surface area contributed by atoms with E-state index in [0.717, 1.165) is 37.5 Å². The minimum Gasteiger partial charge on any atom is -0.461 e. The van der Waals surface area contributed by atoms with E-state index in [4.69, 9.17) is 14.2 Å². The number of fused-ring (bicyclic) bond motifs is 1. The van der Waals surface area contributed by atoms with Crippen molar-refractivity contribution in [2.45, 2.75) is 19.8 Å². The van der Waals surface area contributed by atoms with Gasteiger partial charge in [-0.15, -0.1) is 0 Å². The molecule has 33 heavy (non-hydrogen) atoms. The molecule has 1 N–H and O–H groups in total. The van der Waals surface area contributed by atoms with Gasteiger partial charge in [-0.1, -0.05) is 17.7 Å². The third-order valence-corrected chi connectivity index (χ3v) is 5.98. The number of carbonyl (C=O) groups is 1. The fourth-order valence-electron chi connectivity index (χ4n) is 4.17. The third-order valence-electron chi connectivity index (χ3n) is 5.98. The average Bonchev–Trinajstić information content (AvgIpc) is 3.43. The van der Waals surface area contributed by atoms with Gasteiger partial charge in [-0.25, -0.2) is 4.79 Å². The maximum Gasteiger partial charge on any atom is 0.410 e. The van der Waals surface area contributed by atoms with Gasteiger partial charge in [-0.05, 0) is 31.4 Å². The normalized spacial score (nSPS) is 19.1. The van der Waals surface area contributed by atoms with Gasteiger partial charge in [0, 0.05) is 24.7 Å². The van der Waals surface area contributed by atoms with E-state index in [9.17, 15) is 4.79 Å². The van der Waals surface area contributed by atoms with Gasteiger partial charge in [0.25, 0.3) is 0 Å². The molecule has 3 heterocycles. The Morgan fingerprint density at radius 2 is 2.00 bits per heavy atom. The SMILES string of the molecule is Cc1ccc2c(c1)/C(=N/Nc1cc(N3CCOCC3)nc(OCCN3CCOC3=O)n1)CC2.